The van der Waals surface area contributed by atoms with E-state index in [-0.39, 0.29) is 0 Å². The average Bonchev–Trinajstić information content (AvgIpc) is 2.82. The van der Waals surface area contributed by atoms with E-state index >= 15 is 0 Å². The van der Waals surface area contributed by atoms with Crippen LogP contribution < -0.4 is 0 Å². The predicted octanol–water partition coefficient (Wildman–Crippen LogP) is 2.10. The minimum atomic E-state index is -0.460. The molecule has 0 aliphatic heterocycles. The van der Waals surface area contributed by atoms with Crippen molar-refractivity contribution >= 4 is 23.2 Å². The zero-order chi connectivity index (χ0) is 13.8. The normalized spacial score (nSPS) is 10.9. The second-order valence-corrected chi connectivity index (χ2v) is 4.34. The van der Waals surface area contributed by atoms with Crippen molar-refractivity contribution in [3.8, 4) is 0 Å². The molecule has 0 aliphatic rings. The van der Waals surface area contributed by atoms with Crippen molar-refractivity contribution < 1.29 is 14.3 Å². The Hall–Kier alpha value is -1.66. The number of fused-ring (bicyclic) bond motifs is 1. The molecule has 2 heterocycles. The van der Waals surface area contributed by atoms with Crippen molar-refractivity contribution in [1.82, 2.24) is 14.6 Å². The lowest BCUT2D eigenvalue weighted by Gasteiger charge is -2.04. The highest BCUT2D eigenvalue weighted by Gasteiger charge is 2.14. The number of halogens is 1. The molecule has 0 saturated carbocycles. The second-order valence-electron chi connectivity index (χ2n) is 3.93. The molecular formula is C12H14ClN3O3. The lowest BCUT2D eigenvalue weighted by atomic mass is 10.3. The molecule has 19 heavy (non-hydrogen) atoms. The number of methoxy groups -OCH3 is 1. The Morgan fingerprint density at radius 3 is 2.95 bits per heavy atom. The van der Waals surface area contributed by atoms with Crippen LogP contribution in [0.25, 0.3) is 5.65 Å². The van der Waals surface area contributed by atoms with Crippen molar-refractivity contribution in [3.05, 3.63) is 28.7 Å². The van der Waals surface area contributed by atoms with Crippen LogP contribution in [0.2, 0.25) is 5.02 Å². The fourth-order valence-corrected chi connectivity index (χ4v) is 1.88. The summed E-state index contributed by atoms with van der Waals surface area (Å²) in [5.41, 5.74) is 0.834. The number of esters is 1. The summed E-state index contributed by atoms with van der Waals surface area (Å²) in [6, 6.07) is 1.51. The monoisotopic (exact) mass is 283 g/mol. The maximum absolute atomic E-state index is 11.5. The van der Waals surface area contributed by atoms with Gasteiger partial charge < -0.3 is 9.47 Å². The van der Waals surface area contributed by atoms with E-state index in [0.29, 0.717) is 35.3 Å². The van der Waals surface area contributed by atoms with Gasteiger partial charge in [-0.25, -0.2) is 4.79 Å². The molecule has 2 rings (SSSR count). The Balaban J connectivity index is 2.38. The number of hydrogen-bond donors (Lipinski definition) is 0. The minimum absolute atomic E-state index is 0.315. The number of pyridine rings is 1. The van der Waals surface area contributed by atoms with Gasteiger partial charge in [0.15, 0.2) is 11.5 Å². The molecule has 0 aliphatic carbocycles. The average molecular weight is 284 g/mol. The summed E-state index contributed by atoms with van der Waals surface area (Å²) in [6.45, 7) is 2.98. The fraction of sp³-hybridized carbons (Fsp3) is 0.417. The molecule has 0 bridgehead atoms. The van der Waals surface area contributed by atoms with E-state index in [0.717, 1.165) is 6.42 Å². The van der Waals surface area contributed by atoms with Crippen LogP contribution in [0.5, 0.6) is 0 Å². The molecule has 0 atom stereocenters. The summed E-state index contributed by atoms with van der Waals surface area (Å²) in [5, 5.41) is 8.32. The van der Waals surface area contributed by atoms with Crippen LogP contribution in [-0.2, 0) is 16.1 Å². The van der Waals surface area contributed by atoms with E-state index in [4.69, 9.17) is 16.3 Å². The first-order valence-corrected chi connectivity index (χ1v) is 6.24. The van der Waals surface area contributed by atoms with Gasteiger partial charge >= 0.3 is 5.97 Å². The molecule has 2 aromatic rings. The number of nitrogens with zero attached hydrogens (tertiary/aromatic N) is 3. The molecule has 6 nitrogen and oxygen atoms in total. The van der Waals surface area contributed by atoms with E-state index in [1.807, 2.05) is 6.92 Å². The van der Waals surface area contributed by atoms with Crippen LogP contribution in [0.3, 0.4) is 0 Å². The van der Waals surface area contributed by atoms with Crippen molar-refractivity contribution in [2.24, 2.45) is 0 Å². The topological polar surface area (TPSA) is 65.7 Å². The standard InChI is InChI=1S/C12H14ClN3O3/c1-3-4-19-7-10-14-15-11-9(13)5-8(6-16(10)11)12(17)18-2/h5-6H,3-4,7H2,1-2H3. The molecular weight excluding hydrogens is 270 g/mol. The smallest absolute Gasteiger partial charge is 0.339 e. The fourth-order valence-electron chi connectivity index (χ4n) is 1.64. The quantitative estimate of drug-likeness (QED) is 0.621. The molecule has 102 valence electrons. The van der Waals surface area contributed by atoms with E-state index in [9.17, 15) is 4.79 Å². The highest BCUT2D eigenvalue weighted by molar-refractivity contribution is 6.33. The van der Waals surface area contributed by atoms with Gasteiger partial charge in [-0.15, -0.1) is 10.2 Å². The molecule has 0 radical (unpaired) electrons. The van der Waals surface area contributed by atoms with Gasteiger partial charge in [0, 0.05) is 12.8 Å². The lowest BCUT2D eigenvalue weighted by Crippen LogP contribution is -2.05. The Bertz CT molecular complexity index is 597. The van der Waals surface area contributed by atoms with E-state index in [1.165, 1.54) is 13.2 Å². The second kappa shape index (κ2) is 5.99. The van der Waals surface area contributed by atoms with E-state index in [2.05, 4.69) is 14.9 Å². The first-order chi connectivity index (χ1) is 9.17. The van der Waals surface area contributed by atoms with E-state index < -0.39 is 5.97 Å². The minimum Gasteiger partial charge on any atom is -0.465 e. The largest absolute Gasteiger partial charge is 0.465 e. The molecule has 0 amide bonds. The Labute approximate surface area is 115 Å². The first kappa shape index (κ1) is 13.8. The summed E-state index contributed by atoms with van der Waals surface area (Å²) in [6.07, 6.45) is 2.52. The van der Waals surface area contributed by atoms with Crippen molar-refractivity contribution in [2.45, 2.75) is 20.0 Å². The highest BCUT2D eigenvalue weighted by Crippen LogP contribution is 2.19. The molecule has 7 heteroatoms. The summed E-state index contributed by atoms with van der Waals surface area (Å²) in [7, 11) is 1.32. The summed E-state index contributed by atoms with van der Waals surface area (Å²) < 4.78 is 11.7. The number of rotatable bonds is 5. The van der Waals surface area contributed by atoms with Crippen molar-refractivity contribution in [2.75, 3.05) is 13.7 Å². The van der Waals surface area contributed by atoms with Crippen molar-refractivity contribution in [3.63, 3.8) is 0 Å². The zero-order valence-corrected chi connectivity index (χ0v) is 11.5. The number of hydrogen-bond acceptors (Lipinski definition) is 5. The molecule has 0 N–H and O–H groups in total. The van der Waals surface area contributed by atoms with Crippen LogP contribution >= 0.6 is 11.6 Å². The molecule has 0 spiro atoms. The highest BCUT2D eigenvalue weighted by atomic mass is 35.5. The Morgan fingerprint density at radius 1 is 1.47 bits per heavy atom. The summed E-state index contributed by atoms with van der Waals surface area (Å²) in [4.78, 5) is 11.5. The molecule has 0 fully saturated rings. The maximum Gasteiger partial charge on any atom is 0.339 e. The van der Waals surface area contributed by atoms with E-state index in [1.54, 1.807) is 10.6 Å². The van der Waals surface area contributed by atoms with Gasteiger partial charge in [0.1, 0.15) is 6.61 Å². The first-order valence-electron chi connectivity index (χ1n) is 5.86. The van der Waals surface area contributed by atoms with Gasteiger partial charge in [0.05, 0.1) is 17.7 Å². The van der Waals surface area contributed by atoms with Gasteiger partial charge in [-0.3, -0.25) is 4.40 Å². The van der Waals surface area contributed by atoms with Crippen LogP contribution in [0.4, 0.5) is 0 Å². The molecule has 2 aromatic heterocycles. The SMILES string of the molecule is CCCOCc1nnc2c(Cl)cc(C(=O)OC)cn12. The van der Waals surface area contributed by atoms with Crippen LogP contribution in [0.1, 0.15) is 29.5 Å². The van der Waals surface area contributed by atoms with Crippen molar-refractivity contribution in [1.29, 1.82) is 0 Å². The van der Waals surface area contributed by atoms with Gasteiger partial charge in [0.2, 0.25) is 0 Å². The van der Waals surface area contributed by atoms with Crippen LogP contribution in [-0.4, -0.2) is 34.3 Å². The summed E-state index contributed by atoms with van der Waals surface area (Å²) >= 11 is 6.07. The van der Waals surface area contributed by atoms with Gasteiger partial charge in [-0.2, -0.15) is 0 Å². The Kier molecular flexibility index (Phi) is 4.34. The maximum atomic E-state index is 11.5. The number of carbonyl (C=O) groups is 1. The number of aromatic nitrogens is 3. The molecule has 0 aromatic carbocycles. The third-order valence-corrected chi connectivity index (χ3v) is 2.81. The summed E-state index contributed by atoms with van der Waals surface area (Å²) in [5.74, 6) is 0.133. The molecule has 0 unspecified atom stereocenters. The van der Waals surface area contributed by atoms with Gasteiger partial charge in [-0.1, -0.05) is 18.5 Å². The third kappa shape index (κ3) is 2.85. The van der Waals surface area contributed by atoms with Crippen LogP contribution in [0, 0.1) is 0 Å². The molecule has 0 saturated heterocycles. The van der Waals surface area contributed by atoms with Gasteiger partial charge in [0.25, 0.3) is 0 Å². The number of carbonyl (C=O) groups excluding carboxylic acids is 1. The van der Waals surface area contributed by atoms with Crippen LogP contribution in [0.15, 0.2) is 12.3 Å². The predicted molar refractivity (Wildman–Crippen MR) is 69.3 cm³/mol. The third-order valence-electron chi connectivity index (χ3n) is 2.53. The van der Waals surface area contributed by atoms with Gasteiger partial charge in [-0.05, 0) is 12.5 Å². The lowest BCUT2D eigenvalue weighted by molar-refractivity contribution is 0.0600. The zero-order valence-electron chi connectivity index (χ0n) is 10.7. The number of ether oxygens (including phenoxy) is 2. The Morgan fingerprint density at radius 2 is 2.26 bits per heavy atom.